The van der Waals surface area contributed by atoms with Crippen LogP contribution in [-0.2, 0) is 0 Å². The Balaban J connectivity index is 3.25. The normalized spacial score (nSPS) is 8.38. The topological polar surface area (TPSA) is 69.5 Å². The van der Waals surface area contributed by atoms with Crippen LogP contribution in [0.4, 0.5) is 0 Å². The van der Waals surface area contributed by atoms with Crippen molar-refractivity contribution in [2.45, 2.75) is 0 Å². The largest absolute Gasteiger partial charge is 0.323 e. The fraction of sp³-hybridized carbons (Fsp3) is 0. The van der Waals surface area contributed by atoms with E-state index in [1.165, 1.54) is 0 Å². The van der Waals surface area contributed by atoms with Crippen LogP contribution in [0, 0.1) is 11.3 Å². The van der Waals surface area contributed by atoms with E-state index in [0.29, 0.717) is 0 Å². The number of H-pyrrole nitrogens is 1. The molecule has 0 saturated heterocycles. The maximum atomic E-state index is 10.2. The van der Waals surface area contributed by atoms with E-state index in [1.54, 1.807) is 6.07 Å². The number of nitriles is 1. The lowest BCUT2D eigenvalue weighted by atomic mass is 10.8. The highest BCUT2D eigenvalue weighted by atomic mass is 32.1. The first-order valence-corrected chi connectivity index (χ1v) is 2.60. The summed E-state index contributed by atoms with van der Waals surface area (Å²) in [4.78, 5) is 9.91. The van der Waals surface area contributed by atoms with E-state index < -0.39 is 0 Å². The Kier molecular flexibility index (Phi) is 1.10. The summed E-state index contributed by atoms with van der Waals surface area (Å²) < 4.78 is 0. The molecule has 1 heterocycles. The molecule has 0 aliphatic carbocycles. The second-order valence-corrected chi connectivity index (χ2v) is 1.99. The molecule has 0 radical (unpaired) electrons. The van der Waals surface area contributed by atoms with Crippen molar-refractivity contribution in [3.63, 3.8) is 0 Å². The van der Waals surface area contributed by atoms with Crippen LogP contribution in [0.2, 0.25) is 0 Å². The minimum absolute atomic E-state index is 0.176. The van der Waals surface area contributed by atoms with Gasteiger partial charge in [-0.25, -0.2) is 5.10 Å². The molecule has 0 fully saturated rings. The van der Waals surface area contributed by atoms with Crippen LogP contribution < -0.4 is 4.87 Å². The predicted octanol–water partition coefficient (Wildman–Crippen LogP) is -0.297. The maximum Gasteiger partial charge on any atom is 0.323 e. The van der Waals surface area contributed by atoms with Crippen molar-refractivity contribution >= 4 is 11.3 Å². The van der Waals surface area contributed by atoms with Crippen molar-refractivity contribution in [2.75, 3.05) is 0 Å². The van der Waals surface area contributed by atoms with Gasteiger partial charge in [0.2, 0.25) is 5.01 Å². The minimum atomic E-state index is -0.290. The number of aromatic amines is 1. The molecule has 0 aliphatic rings. The molecular weight excluding hydrogens is 126 g/mol. The van der Waals surface area contributed by atoms with Gasteiger partial charge in [-0.2, -0.15) is 5.26 Å². The van der Waals surface area contributed by atoms with Crippen molar-refractivity contribution in [1.29, 1.82) is 5.26 Å². The van der Waals surface area contributed by atoms with Crippen LogP contribution >= 0.6 is 11.3 Å². The van der Waals surface area contributed by atoms with Crippen LogP contribution in [0.15, 0.2) is 4.79 Å². The Morgan fingerprint density at radius 2 is 2.62 bits per heavy atom. The second-order valence-electron chi connectivity index (χ2n) is 1.03. The summed E-state index contributed by atoms with van der Waals surface area (Å²) in [6.07, 6.45) is 0. The smallest absolute Gasteiger partial charge is 0.255 e. The van der Waals surface area contributed by atoms with Gasteiger partial charge in [-0.1, -0.05) is 0 Å². The van der Waals surface area contributed by atoms with Crippen molar-refractivity contribution < 1.29 is 0 Å². The molecule has 0 saturated carbocycles. The Morgan fingerprint density at radius 1 is 1.88 bits per heavy atom. The molecule has 0 bridgehead atoms. The maximum absolute atomic E-state index is 10.2. The third kappa shape index (κ3) is 0.741. The second kappa shape index (κ2) is 1.76. The summed E-state index contributed by atoms with van der Waals surface area (Å²) in [5, 5.41) is 13.7. The fourth-order valence-corrected chi connectivity index (χ4v) is 0.682. The first-order valence-electron chi connectivity index (χ1n) is 1.78. The average molecular weight is 127 g/mol. The van der Waals surface area contributed by atoms with Gasteiger partial charge in [-0.3, -0.25) is 4.79 Å². The highest BCUT2D eigenvalue weighted by molar-refractivity contribution is 7.09. The Morgan fingerprint density at radius 3 is 2.88 bits per heavy atom. The minimum Gasteiger partial charge on any atom is -0.255 e. The summed E-state index contributed by atoms with van der Waals surface area (Å²) in [5.41, 5.74) is 0. The lowest BCUT2D eigenvalue weighted by Gasteiger charge is -1.59. The van der Waals surface area contributed by atoms with Crippen molar-refractivity contribution in [3.8, 4) is 6.07 Å². The van der Waals surface area contributed by atoms with Gasteiger partial charge in [0.05, 0.1) is 0 Å². The third-order valence-electron chi connectivity index (χ3n) is 0.534. The monoisotopic (exact) mass is 127 g/mol. The zero-order valence-electron chi connectivity index (χ0n) is 3.71. The predicted molar refractivity (Wildman–Crippen MR) is 27.4 cm³/mol. The molecule has 0 aliphatic heterocycles. The molecule has 0 atom stereocenters. The molecule has 1 N–H and O–H groups in total. The molecule has 1 rings (SSSR count). The number of hydrogen-bond donors (Lipinski definition) is 1. The number of rotatable bonds is 0. The first kappa shape index (κ1) is 5.00. The lowest BCUT2D eigenvalue weighted by molar-refractivity contribution is 1.04. The number of nitrogens with one attached hydrogen (secondary N) is 1. The van der Waals surface area contributed by atoms with E-state index in [9.17, 15) is 4.79 Å². The van der Waals surface area contributed by atoms with Gasteiger partial charge >= 0.3 is 4.87 Å². The zero-order chi connectivity index (χ0) is 5.98. The number of aromatic nitrogens is 2. The summed E-state index contributed by atoms with van der Waals surface area (Å²) in [5.74, 6) is 0. The summed E-state index contributed by atoms with van der Waals surface area (Å²) in [7, 11) is 0. The van der Waals surface area contributed by atoms with Gasteiger partial charge in [-0.05, 0) is 11.3 Å². The average Bonchev–Trinajstić information content (AvgIpc) is 2.14. The molecule has 0 unspecified atom stereocenters. The molecule has 1 aromatic heterocycles. The SMILES string of the molecule is N#Cc1n[nH]c(=O)s1. The van der Waals surface area contributed by atoms with Crippen LogP contribution in [-0.4, -0.2) is 10.2 Å². The molecule has 8 heavy (non-hydrogen) atoms. The molecule has 1 aromatic rings. The van der Waals surface area contributed by atoms with Crippen molar-refractivity contribution in [1.82, 2.24) is 10.2 Å². The molecule has 40 valence electrons. The quantitative estimate of drug-likeness (QED) is 0.520. The summed E-state index contributed by atoms with van der Waals surface area (Å²) in [6, 6.07) is 1.72. The standard InChI is InChI=1S/C3HN3OS/c4-1-2-5-6-3(7)8-2/h(H,6,7). The van der Waals surface area contributed by atoms with E-state index in [1.807, 2.05) is 0 Å². The summed E-state index contributed by atoms with van der Waals surface area (Å²) in [6.45, 7) is 0. The lowest BCUT2D eigenvalue weighted by Crippen LogP contribution is -1.90. The summed E-state index contributed by atoms with van der Waals surface area (Å²) >= 11 is 0.804. The van der Waals surface area contributed by atoms with Gasteiger partial charge in [0.1, 0.15) is 6.07 Å². The molecule has 0 aromatic carbocycles. The molecule has 0 spiro atoms. The highest BCUT2D eigenvalue weighted by Crippen LogP contribution is 1.89. The van der Waals surface area contributed by atoms with Crippen LogP contribution in [0.5, 0.6) is 0 Å². The van der Waals surface area contributed by atoms with E-state index in [0.717, 1.165) is 11.3 Å². The van der Waals surface area contributed by atoms with E-state index in [4.69, 9.17) is 5.26 Å². The zero-order valence-corrected chi connectivity index (χ0v) is 4.53. The molecule has 4 nitrogen and oxygen atoms in total. The molecule has 0 amide bonds. The Bertz CT molecular complexity index is 267. The van der Waals surface area contributed by atoms with Crippen LogP contribution in [0.25, 0.3) is 0 Å². The fourth-order valence-electron chi connectivity index (χ4n) is 0.278. The van der Waals surface area contributed by atoms with Gasteiger partial charge in [0, 0.05) is 0 Å². The highest BCUT2D eigenvalue weighted by Gasteiger charge is 1.92. The van der Waals surface area contributed by atoms with Crippen LogP contribution in [0.3, 0.4) is 0 Å². The van der Waals surface area contributed by atoms with E-state index >= 15 is 0 Å². The molecule has 5 heteroatoms. The van der Waals surface area contributed by atoms with Gasteiger partial charge in [0.25, 0.3) is 0 Å². The number of hydrogen-bond acceptors (Lipinski definition) is 4. The first-order chi connectivity index (χ1) is 3.83. The third-order valence-corrected chi connectivity index (χ3v) is 1.19. The van der Waals surface area contributed by atoms with Gasteiger partial charge in [0.15, 0.2) is 0 Å². The Hall–Kier alpha value is -1.15. The van der Waals surface area contributed by atoms with Crippen molar-refractivity contribution in [2.24, 2.45) is 0 Å². The van der Waals surface area contributed by atoms with E-state index in [-0.39, 0.29) is 9.88 Å². The van der Waals surface area contributed by atoms with Gasteiger partial charge in [-0.15, -0.1) is 5.10 Å². The van der Waals surface area contributed by atoms with Crippen molar-refractivity contribution in [3.05, 3.63) is 14.7 Å². The number of nitrogens with zero attached hydrogens (tertiary/aromatic N) is 2. The van der Waals surface area contributed by atoms with Gasteiger partial charge < -0.3 is 0 Å². The van der Waals surface area contributed by atoms with Crippen LogP contribution in [0.1, 0.15) is 5.01 Å². The van der Waals surface area contributed by atoms with E-state index in [2.05, 4.69) is 10.2 Å². The molecular formula is C3HN3OS. The Labute approximate surface area is 48.4 Å².